The molecule has 0 saturated heterocycles. The van der Waals surface area contributed by atoms with E-state index >= 15 is 0 Å². The summed E-state index contributed by atoms with van der Waals surface area (Å²) < 4.78 is 13.3. The topological polar surface area (TPSA) is 36.1 Å². The maximum atomic E-state index is 13.3. The summed E-state index contributed by atoms with van der Waals surface area (Å²) in [5.41, 5.74) is 3.77. The molecule has 2 aromatic carbocycles. The summed E-state index contributed by atoms with van der Waals surface area (Å²) in [4.78, 5) is 17.6. The molecule has 3 nitrogen and oxygen atoms in total. The molecule has 1 aliphatic heterocycles. The van der Waals surface area contributed by atoms with Crippen molar-refractivity contribution >= 4 is 22.4 Å². The number of benzene rings is 2. The molecule has 1 aliphatic rings. The Hall–Kier alpha value is -2.88. The number of nitrogens with one attached hydrogen (secondary N) is 1. The lowest BCUT2D eigenvalue weighted by Crippen LogP contribution is -2.34. The monoisotopic (exact) mass is 320 g/mol. The van der Waals surface area contributed by atoms with Gasteiger partial charge < -0.3 is 9.88 Å². The number of carbonyl (C=O) groups is 1. The van der Waals surface area contributed by atoms with Gasteiger partial charge in [0.05, 0.1) is 0 Å². The Labute approximate surface area is 139 Å². The van der Waals surface area contributed by atoms with Gasteiger partial charge in [0.15, 0.2) is 0 Å². The molecular formula is C20H17FN2O. The molecule has 1 aromatic heterocycles. The van der Waals surface area contributed by atoms with Gasteiger partial charge in [-0.15, -0.1) is 0 Å². The van der Waals surface area contributed by atoms with Crippen molar-refractivity contribution in [2.24, 2.45) is 0 Å². The van der Waals surface area contributed by atoms with Gasteiger partial charge in [-0.25, -0.2) is 4.39 Å². The van der Waals surface area contributed by atoms with E-state index in [-0.39, 0.29) is 11.7 Å². The lowest BCUT2D eigenvalue weighted by Gasteiger charge is -2.26. The van der Waals surface area contributed by atoms with Gasteiger partial charge in [-0.05, 0) is 41.8 Å². The van der Waals surface area contributed by atoms with Gasteiger partial charge in [-0.3, -0.25) is 4.79 Å². The van der Waals surface area contributed by atoms with E-state index in [4.69, 9.17) is 0 Å². The zero-order chi connectivity index (χ0) is 16.5. The van der Waals surface area contributed by atoms with Gasteiger partial charge in [0.1, 0.15) is 11.5 Å². The second-order valence-electron chi connectivity index (χ2n) is 6.01. The number of amides is 1. The zero-order valence-electron chi connectivity index (χ0n) is 13.1. The van der Waals surface area contributed by atoms with Gasteiger partial charge in [-0.1, -0.05) is 36.4 Å². The first-order chi connectivity index (χ1) is 11.7. The Balaban J connectivity index is 1.54. The van der Waals surface area contributed by atoms with Crippen LogP contribution in [0.5, 0.6) is 0 Å². The standard InChI is InChI=1S/C20H17FN2O/c21-17-6-7-18-16(12-17)13-19(22-18)20(24)23-10-8-15(9-11-23)14-4-2-1-3-5-14/h1-8,12-13,22H,9-11H2. The van der Waals surface area contributed by atoms with Crippen LogP contribution in [0.4, 0.5) is 4.39 Å². The number of nitrogens with zero attached hydrogens (tertiary/aromatic N) is 1. The average molecular weight is 320 g/mol. The van der Waals surface area contributed by atoms with Crippen LogP contribution in [-0.4, -0.2) is 28.9 Å². The second-order valence-corrected chi connectivity index (χ2v) is 6.01. The maximum Gasteiger partial charge on any atom is 0.270 e. The molecule has 0 atom stereocenters. The van der Waals surface area contributed by atoms with E-state index in [2.05, 4.69) is 23.2 Å². The van der Waals surface area contributed by atoms with Gasteiger partial charge in [0, 0.05) is 24.0 Å². The van der Waals surface area contributed by atoms with Crippen molar-refractivity contribution in [1.82, 2.24) is 9.88 Å². The van der Waals surface area contributed by atoms with Gasteiger partial charge >= 0.3 is 0 Å². The molecule has 0 radical (unpaired) electrons. The van der Waals surface area contributed by atoms with Crippen LogP contribution < -0.4 is 0 Å². The van der Waals surface area contributed by atoms with Crippen LogP contribution >= 0.6 is 0 Å². The number of hydrogen-bond donors (Lipinski definition) is 1. The number of H-pyrrole nitrogens is 1. The van der Waals surface area contributed by atoms with E-state index < -0.39 is 0 Å². The Morgan fingerprint density at radius 3 is 2.67 bits per heavy atom. The first-order valence-corrected chi connectivity index (χ1v) is 8.03. The summed E-state index contributed by atoms with van der Waals surface area (Å²) in [6.45, 7) is 1.27. The predicted molar refractivity (Wildman–Crippen MR) is 93.2 cm³/mol. The third kappa shape index (κ3) is 2.71. The number of fused-ring (bicyclic) bond motifs is 1. The van der Waals surface area contributed by atoms with Crippen LogP contribution in [0, 0.1) is 5.82 Å². The normalized spacial score (nSPS) is 14.7. The van der Waals surface area contributed by atoms with E-state index in [1.165, 1.54) is 23.3 Å². The van der Waals surface area contributed by atoms with Crippen LogP contribution in [0.15, 0.2) is 60.7 Å². The van der Waals surface area contributed by atoms with Gasteiger partial charge in [-0.2, -0.15) is 0 Å². The highest BCUT2D eigenvalue weighted by molar-refractivity contribution is 5.98. The molecule has 24 heavy (non-hydrogen) atoms. The van der Waals surface area contributed by atoms with Crippen LogP contribution in [0.1, 0.15) is 22.5 Å². The summed E-state index contributed by atoms with van der Waals surface area (Å²) in [7, 11) is 0. The van der Waals surface area contributed by atoms with Gasteiger partial charge in [0.25, 0.3) is 5.91 Å². The van der Waals surface area contributed by atoms with Crippen molar-refractivity contribution in [3.05, 3.63) is 77.7 Å². The minimum Gasteiger partial charge on any atom is -0.351 e. The maximum absolute atomic E-state index is 13.3. The third-order valence-electron chi connectivity index (χ3n) is 4.45. The van der Waals surface area contributed by atoms with E-state index in [0.29, 0.717) is 18.8 Å². The number of aromatic nitrogens is 1. The van der Waals surface area contributed by atoms with Crippen LogP contribution in [0.25, 0.3) is 16.5 Å². The van der Waals surface area contributed by atoms with Crippen LogP contribution in [0.2, 0.25) is 0 Å². The first kappa shape index (κ1) is 14.7. The molecule has 0 fully saturated rings. The highest BCUT2D eigenvalue weighted by Gasteiger charge is 2.20. The molecule has 0 aliphatic carbocycles. The average Bonchev–Trinajstić information content (AvgIpc) is 3.05. The summed E-state index contributed by atoms with van der Waals surface area (Å²) in [5.74, 6) is -0.344. The highest BCUT2D eigenvalue weighted by Crippen LogP contribution is 2.24. The smallest absolute Gasteiger partial charge is 0.270 e. The Morgan fingerprint density at radius 2 is 1.92 bits per heavy atom. The fourth-order valence-corrected chi connectivity index (χ4v) is 3.16. The lowest BCUT2D eigenvalue weighted by molar-refractivity contribution is 0.0768. The Kier molecular flexibility index (Phi) is 3.65. The zero-order valence-corrected chi connectivity index (χ0v) is 13.1. The molecule has 4 rings (SSSR count). The molecule has 0 saturated carbocycles. The predicted octanol–water partition coefficient (Wildman–Crippen LogP) is 4.24. The van der Waals surface area contributed by atoms with Crippen molar-refractivity contribution in [2.45, 2.75) is 6.42 Å². The first-order valence-electron chi connectivity index (χ1n) is 8.03. The fourth-order valence-electron chi connectivity index (χ4n) is 3.16. The van der Waals surface area contributed by atoms with Crippen molar-refractivity contribution < 1.29 is 9.18 Å². The molecule has 1 amide bonds. The molecule has 0 unspecified atom stereocenters. The lowest BCUT2D eigenvalue weighted by atomic mass is 9.99. The SMILES string of the molecule is O=C(c1cc2cc(F)ccc2[nH]1)N1CC=C(c2ccccc2)CC1. The fraction of sp³-hybridized carbons (Fsp3) is 0.150. The van der Waals surface area contributed by atoms with Gasteiger partial charge in [0.2, 0.25) is 0 Å². The second kappa shape index (κ2) is 5.96. The van der Waals surface area contributed by atoms with Crippen molar-refractivity contribution in [1.29, 1.82) is 0 Å². The summed E-state index contributed by atoms with van der Waals surface area (Å²) in [6, 6.07) is 16.4. The van der Waals surface area contributed by atoms with E-state index in [1.54, 1.807) is 12.1 Å². The van der Waals surface area contributed by atoms with Crippen LogP contribution in [-0.2, 0) is 0 Å². The Bertz CT molecular complexity index is 927. The minimum absolute atomic E-state index is 0.0463. The molecule has 1 N–H and O–H groups in total. The molecule has 120 valence electrons. The number of aromatic amines is 1. The quantitative estimate of drug-likeness (QED) is 0.753. The largest absolute Gasteiger partial charge is 0.351 e. The summed E-state index contributed by atoms with van der Waals surface area (Å²) in [5, 5.41) is 0.718. The molecule has 2 heterocycles. The Morgan fingerprint density at radius 1 is 1.08 bits per heavy atom. The van der Waals surface area contributed by atoms with Crippen LogP contribution in [0.3, 0.4) is 0 Å². The summed E-state index contributed by atoms with van der Waals surface area (Å²) in [6.07, 6.45) is 2.95. The molecule has 3 aromatic rings. The molecule has 0 bridgehead atoms. The number of hydrogen-bond acceptors (Lipinski definition) is 1. The summed E-state index contributed by atoms with van der Waals surface area (Å²) >= 11 is 0. The van der Waals surface area contributed by atoms with Crippen molar-refractivity contribution in [3.63, 3.8) is 0 Å². The van der Waals surface area contributed by atoms with E-state index in [9.17, 15) is 9.18 Å². The molecular weight excluding hydrogens is 303 g/mol. The number of rotatable bonds is 2. The number of halogens is 1. The highest BCUT2D eigenvalue weighted by atomic mass is 19.1. The van der Waals surface area contributed by atoms with E-state index in [1.807, 2.05) is 23.1 Å². The van der Waals surface area contributed by atoms with Crippen molar-refractivity contribution in [3.8, 4) is 0 Å². The van der Waals surface area contributed by atoms with Crippen molar-refractivity contribution in [2.75, 3.05) is 13.1 Å². The molecule has 4 heteroatoms. The van der Waals surface area contributed by atoms with E-state index in [0.717, 1.165) is 17.3 Å². The molecule has 0 spiro atoms. The third-order valence-corrected chi connectivity index (χ3v) is 4.45. The number of carbonyl (C=O) groups excluding carboxylic acids is 1. The minimum atomic E-state index is -0.297.